The maximum Gasteiger partial charge on any atom is -0.00197 e. The van der Waals surface area contributed by atoms with Gasteiger partial charge in [-0.15, -0.1) is 0 Å². The lowest BCUT2D eigenvalue weighted by Gasteiger charge is -2.21. The molecule has 0 aliphatic carbocycles. The average molecular weight is 533 g/mol. The molecule has 196 valence electrons. The van der Waals surface area contributed by atoms with Crippen LogP contribution in [0.4, 0.5) is 0 Å². The molecule has 0 saturated carbocycles. The largest absolute Gasteiger partial charge is 0.0616 e. The highest BCUT2D eigenvalue weighted by atomic mass is 14.3. The Labute approximate surface area is 243 Å². The van der Waals surface area contributed by atoms with Crippen LogP contribution < -0.4 is 0 Å². The molecule has 0 atom stereocenters. The van der Waals surface area contributed by atoms with Crippen molar-refractivity contribution in [1.29, 1.82) is 0 Å². The van der Waals surface area contributed by atoms with Crippen molar-refractivity contribution < 1.29 is 0 Å². The maximum atomic E-state index is 2.51. The summed E-state index contributed by atoms with van der Waals surface area (Å²) < 4.78 is 0. The minimum absolute atomic E-state index is 0.0406. The zero-order valence-electron chi connectivity index (χ0n) is 24.0. The van der Waals surface area contributed by atoms with E-state index in [9.17, 15) is 0 Å². The second kappa shape index (κ2) is 7.46. The lowest BCUT2D eigenvalue weighted by Crippen LogP contribution is -2.10. The third-order valence-electron chi connectivity index (χ3n) is 9.99. The SMILES string of the molecule is CC(C)(C)c1cc2c3cc4ccccc4cc3c3cc4c(cc5c6cc7ccccc7cc6c6cccc4c65)c(c1)c23. The molecule has 0 aliphatic heterocycles. The summed E-state index contributed by atoms with van der Waals surface area (Å²) in [4.78, 5) is 0. The van der Waals surface area contributed by atoms with Gasteiger partial charge in [0.1, 0.15) is 0 Å². The Hall–Kier alpha value is -4.94. The molecule has 0 heterocycles. The van der Waals surface area contributed by atoms with Crippen LogP contribution >= 0.6 is 0 Å². The third-order valence-corrected chi connectivity index (χ3v) is 9.99. The number of hydrogen-bond acceptors (Lipinski definition) is 0. The zero-order chi connectivity index (χ0) is 27.9. The number of hydrogen-bond donors (Lipinski definition) is 0. The number of fused-ring (bicyclic) bond motifs is 11. The highest BCUT2D eigenvalue weighted by molar-refractivity contribution is 6.41. The standard InChI is InChI=1S/C42H28/c1-42(2,3)27-19-36-32-17-25-11-6-7-12-26(25)18-33(32)39-21-34-29-14-8-13-28-30-15-23-9-4-5-10-24(23)16-31(30)38(40(28)29)22-35(34)37(20-27)41(36)39/h4-22H,1-3H3. The molecule has 0 N–H and O–H groups in total. The normalized spacial score (nSPS) is 13.1. The van der Waals surface area contributed by atoms with Crippen molar-refractivity contribution in [2.75, 3.05) is 0 Å². The van der Waals surface area contributed by atoms with Gasteiger partial charge in [0.15, 0.2) is 0 Å². The molecule has 0 spiro atoms. The van der Waals surface area contributed by atoms with Crippen LogP contribution in [0, 0.1) is 0 Å². The Morgan fingerprint density at radius 2 is 0.643 bits per heavy atom. The van der Waals surface area contributed by atoms with Crippen LogP contribution in [-0.4, -0.2) is 0 Å². The van der Waals surface area contributed by atoms with Gasteiger partial charge < -0.3 is 0 Å². The van der Waals surface area contributed by atoms with E-state index in [0.717, 1.165) is 0 Å². The lowest BCUT2D eigenvalue weighted by atomic mass is 9.83. The van der Waals surface area contributed by atoms with Crippen LogP contribution in [0.25, 0.3) is 97.0 Å². The van der Waals surface area contributed by atoms with E-state index in [1.807, 2.05) is 0 Å². The molecule has 0 unspecified atom stereocenters. The molecule has 0 bridgehead atoms. The summed E-state index contributed by atoms with van der Waals surface area (Å²) in [5, 5.41) is 24.4. The van der Waals surface area contributed by atoms with E-state index >= 15 is 0 Å². The zero-order valence-corrected chi connectivity index (χ0v) is 24.0. The topological polar surface area (TPSA) is 0 Å². The van der Waals surface area contributed by atoms with E-state index in [1.54, 1.807) is 0 Å². The molecule has 0 aromatic heterocycles. The first-order chi connectivity index (χ1) is 20.4. The van der Waals surface area contributed by atoms with Gasteiger partial charge in [0, 0.05) is 0 Å². The predicted molar refractivity (Wildman–Crippen MR) is 185 cm³/mol. The second-order valence-electron chi connectivity index (χ2n) is 13.4. The van der Waals surface area contributed by atoms with Gasteiger partial charge in [0.05, 0.1) is 0 Å². The monoisotopic (exact) mass is 532 g/mol. The predicted octanol–water partition coefficient (Wildman–Crippen LogP) is 12.2. The molecule has 10 rings (SSSR count). The fraction of sp³-hybridized carbons (Fsp3) is 0.0952. The van der Waals surface area contributed by atoms with Crippen LogP contribution in [0.2, 0.25) is 0 Å². The Bertz CT molecular complexity index is 2750. The Balaban J connectivity index is 1.49. The van der Waals surface area contributed by atoms with Crippen molar-refractivity contribution in [1.82, 2.24) is 0 Å². The lowest BCUT2D eigenvalue weighted by molar-refractivity contribution is 0.592. The van der Waals surface area contributed by atoms with E-state index in [0.29, 0.717) is 0 Å². The Morgan fingerprint density at radius 1 is 0.310 bits per heavy atom. The van der Waals surface area contributed by atoms with Gasteiger partial charge in [0.2, 0.25) is 0 Å². The van der Waals surface area contributed by atoms with E-state index in [1.165, 1.54) is 103 Å². The summed E-state index contributed by atoms with van der Waals surface area (Å²) in [6.45, 7) is 7.02. The third kappa shape index (κ3) is 2.78. The molecule has 0 nitrogen and oxygen atoms in total. The maximum absolute atomic E-state index is 2.51. The molecule has 0 heteroatoms. The van der Waals surface area contributed by atoms with Gasteiger partial charge in [-0.3, -0.25) is 0 Å². The van der Waals surface area contributed by atoms with Gasteiger partial charge in [-0.1, -0.05) is 87.5 Å². The minimum Gasteiger partial charge on any atom is -0.0616 e. The van der Waals surface area contributed by atoms with E-state index in [2.05, 4.69) is 136 Å². The van der Waals surface area contributed by atoms with Gasteiger partial charge in [0.25, 0.3) is 0 Å². The first-order valence-electron chi connectivity index (χ1n) is 15.0. The molecular formula is C42H28. The average Bonchev–Trinajstić information content (AvgIpc) is 3.48. The van der Waals surface area contributed by atoms with Gasteiger partial charge >= 0.3 is 0 Å². The molecule has 0 radical (unpaired) electrons. The summed E-state index contributed by atoms with van der Waals surface area (Å²) >= 11 is 0. The summed E-state index contributed by atoms with van der Waals surface area (Å²) in [7, 11) is 0. The van der Waals surface area contributed by atoms with E-state index in [4.69, 9.17) is 0 Å². The fourth-order valence-corrected chi connectivity index (χ4v) is 7.91. The van der Waals surface area contributed by atoms with E-state index in [-0.39, 0.29) is 5.41 Å². The molecule has 42 heavy (non-hydrogen) atoms. The summed E-state index contributed by atoms with van der Waals surface area (Å²) in [5.41, 5.74) is 1.43. The Kier molecular flexibility index (Phi) is 4.04. The van der Waals surface area contributed by atoms with Crippen molar-refractivity contribution in [2.45, 2.75) is 26.2 Å². The fourth-order valence-electron chi connectivity index (χ4n) is 7.91. The van der Waals surface area contributed by atoms with Gasteiger partial charge in [-0.2, -0.15) is 0 Å². The summed E-state index contributed by atoms with van der Waals surface area (Å²) in [6.07, 6.45) is 0. The smallest absolute Gasteiger partial charge is 0.00197 e. The molecule has 10 aromatic rings. The van der Waals surface area contributed by atoms with Crippen LogP contribution in [0.3, 0.4) is 0 Å². The molecule has 0 fully saturated rings. The van der Waals surface area contributed by atoms with Crippen LogP contribution in [-0.2, 0) is 5.41 Å². The van der Waals surface area contributed by atoms with Gasteiger partial charge in [-0.05, 0) is 156 Å². The summed E-state index contributed by atoms with van der Waals surface area (Å²) in [5.74, 6) is 0. The van der Waals surface area contributed by atoms with Gasteiger partial charge in [-0.25, -0.2) is 0 Å². The molecule has 0 aliphatic rings. The highest BCUT2D eigenvalue weighted by Gasteiger charge is 2.23. The summed E-state index contributed by atoms with van der Waals surface area (Å²) in [6, 6.07) is 44.1. The quantitative estimate of drug-likeness (QED) is 0.170. The van der Waals surface area contributed by atoms with Crippen molar-refractivity contribution in [2.24, 2.45) is 0 Å². The molecular weight excluding hydrogens is 504 g/mol. The number of benzene rings is 8. The first kappa shape index (κ1) is 22.7. The number of rotatable bonds is 0. The van der Waals surface area contributed by atoms with Crippen molar-refractivity contribution in [3.05, 3.63) is 121 Å². The first-order valence-corrected chi connectivity index (χ1v) is 15.0. The van der Waals surface area contributed by atoms with Crippen LogP contribution in [0.5, 0.6) is 0 Å². The van der Waals surface area contributed by atoms with Crippen molar-refractivity contribution in [3.8, 4) is 0 Å². The molecule has 0 saturated heterocycles. The molecule has 10 aromatic carbocycles. The second-order valence-corrected chi connectivity index (χ2v) is 13.4. The molecule has 0 amide bonds. The van der Waals surface area contributed by atoms with Crippen LogP contribution in [0.15, 0.2) is 115 Å². The Morgan fingerprint density at radius 3 is 1.07 bits per heavy atom. The van der Waals surface area contributed by atoms with Crippen molar-refractivity contribution >= 4 is 97.0 Å². The van der Waals surface area contributed by atoms with Crippen LogP contribution in [0.1, 0.15) is 26.3 Å². The minimum atomic E-state index is 0.0406. The highest BCUT2D eigenvalue weighted by Crippen LogP contribution is 2.49. The van der Waals surface area contributed by atoms with Crippen molar-refractivity contribution in [3.63, 3.8) is 0 Å². The van der Waals surface area contributed by atoms with E-state index < -0.39 is 0 Å².